The molecule has 1 heterocycles. The fourth-order valence-corrected chi connectivity index (χ4v) is 2.61. The fraction of sp³-hybridized carbons (Fsp3) is 0.533. The molecule has 5 heteroatoms. The van der Waals surface area contributed by atoms with Gasteiger partial charge in [0.1, 0.15) is 0 Å². The van der Waals surface area contributed by atoms with E-state index >= 15 is 0 Å². The molecule has 20 heavy (non-hydrogen) atoms. The van der Waals surface area contributed by atoms with E-state index in [1.807, 2.05) is 19.1 Å². The molecule has 0 fully saturated rings. The van der Waals surface area contributed by atoms with Gasteiger partial charge in [0, 0.05) is 31.9 Å². The number of hydrogen-bond donors (Lipinski definition) is 2. The topological polar surface area (TPSA) is 67.6 Å². The number of nitrogens with two attached hydrogens (primary N) is 1. The Labute approximate surface area is 120 Å². The van der Waals surface area contributed by atoms with Crippen LogP contribution in [0.25, 0.3) is 0 Å². The SMILES string of the molecule is COCC(C)NC(=O)CN1CCc2cccc(N)c2C1. The number of rotatable bonds is 5. The maximum Gasteiger partial charge on any atom is 0.234 e. The van der Waals surface area contributed by atoms with Crippen LogP contribution < -0.4 is 11.1 Å². The Morgan fingerprint density at radius 1 is 1.55 bits per heavy atom. The molecule has 5 nitrogen and oxygen atoms in total. The highest BCUT2D eigenvalue weighted by Gasteiger charge is 2.20. The summed E-state index contributed by atoms with van der Waals surface area (Å²) in [6, 6.07) is 6.06. The minimum Gasteiger partial charge on any atom is -0.398 e. The van der Waals surface area contributed by atoms with E-state index in [0.717, 1.165) is 30.8 Å². The van der Waals surface area contributed by atoms with E-state index in [2.05, 4.69) is 16.3 Å². The largest absolute Gasteiger partial charge is 0.398 e. The lowest BCUT2D eigenvalue weighted by Gasteiger charge is -2.29. The number of methoxy groups -OCH3 is 1. The van der Waals surface area contributed by atoms with Gasteiger partial charge in [0.25, 0.3) is 0 Å². The Hall–Kier alpha value is -1.59. The third kappa shape index (κ3) is 3.71. The van der Waals surface area contributed by atoms with Crippen molar-refractivity contribution in [2.24, 2.45) is 0 Å². The number of ether oxygens (including phenoxy) is 1. The van der Waals surface area contributed by atoms with Crippen molar-refractivity contribution in [1.82, 2.24) is 10.2 Å². The molecule has 1 unspecified atom stereocenters. The Balaban J connectivity index is 1.90. The van der Waals surface area contributed by atoms with Crippen molar-refractivity contribution >= 4 is 11.6 Å². The van der Waals surface area contributed by atoms with Crippen LogP contribution in [0.4, 0.5) is 5.69 Å². The van der Waals surface area contributed by atoms with Crippen LogP contribution in [0, 0.1) is 0 Å². The Morgan fingerprint density at radius 3 is 3.10 bits per heavy atom. The summed E-state index contributed by atoms with van der Waals surface area (Å²) in [5, 5.41) is 2.93. The van der Waals surface area contributed by atoms with Crippen LogP contribution in [-0.4, -0.2) is 43.7 Å². The number of nitrogen functional groups attached to an aromatic ring is 1. The second kappa shape index (κ2) is 6.72. The van der Waals surface area contributed by atoms with Gasteiger partial charge < -0.3 is 15.8 Å². The molecule has 0 saturated carbocycles. The summed E-state index contributed by atoms with van der Waals surface area (Å²) < 4.78 is 5.01. The van der Waals surface area contributed by atoms with Crippen LogP contribution >= 0.6 is 0 Å². The fourth-order valence-electron chi connectivity index (χ4n) is 2.61. The molecule has 0 bridgehead atoms. The van der Waals surface area contributed by atoms with Crippen molar-refractivity contribution in [2.75, 3.05) is 32.5 Å². The number of fused-ring (bicyclic) bond motifs is 1. The zero-order chi connectivity index (χ0) is 14.5. The van der Waals surface area contributed by atoms with Crippen LogP contribution in [0.3, 0.4) is 0 Å². The molecule has 3 N–H and O–H groups in total. The quantitative estimate of drug-likeness (QED) is 0.780. The number of nitrogens with one attached hydrogen (secondary N) is 1. The van der Waals surface area contributed by atoms with E-state index < -0.39 is 0 Å². The minimum absolute atomic E-state index is 0.0347. The van der Waals surface area contributed by atoms with E-state index in [9.17, 15) is 4.79 Å². The van der Waals surface area contributed by atoms with Crippen LogP contribution in [0.1, 0.15) is 18.1 Å². The zero-order valence-electron chi connectivity index (χ0n) is 12.2. The average Bonchev–Trinajstić information content (AvgIpc) is 2.39. The summed E-state index contributed by atoms with van der Waals surface area (Å²) >= 11 is 0. The molecule has 0 radical (unpaired) electrons. The Bertz CT molecular complexity index is 476. The predicted molar refractivity (Wildman–Crippen MR) is 79.3 cm³/mol. The van der Waals surface area contributed by atoms with E-state index in [-0.39, 0.29) is 11.9 Å². The lowest BCUT2D eigenvalue weighted by molar-refractivity contribution is -0.123. The van der Waals surface area contributed by atoms with Gasteiger partial charge in [0.2, 0.25) is 5.91 Å². The van der Waals surface area contributed by atoms with Crippen molar-refractivity contribution in [2.45, 2.75) is 25.9 Å². The molecule has 1 aromatic carbocycles. The van der Waals surface area contributed by atoms with Gasteiger partial charge in [-0.05, 0) is 30.5 Å². The predicted octanol–water partition coefficient (Wildman–Crippen LogP) is 0.778. The maximum absolute atomic E-state index is 12.0. The molecule has 0 aromatic heterocycles. The number of amides is 1. The van der Waals surface area contributed by atoms with Gasteiger partial charge in [-0.25, -0.2) is 0 Å². The normalized spacial score (nSPS) is 16.5. The number of anilines is 1. The summed E-state index contributed by atoms with van der Waals surface area (Å²) in [6.45, 7) is 4.50. The van der Waals surface area contributed by atoms with E-state index in [1.54, 1.807) is 7.11 Å². The molecule has 0 aliphatic carbocycles. The van der Waals surface area contributed by atoms with Gasteiger partial charge in [-0.15, -0.1) is 0 Å². The highest BCUT2D eigenvalue weighted by atomic mass is 16.5. The van der Waals surface area contributed by atoms with Gasteiger partial charge in [-0.3, -0.25) is 9.69 Å². The Morgan fingerprint density at radius 2 is 2.35 bits per heavy atom. The molecule has 110 valence electrons. The maximum atomic E-state index is 12.0. The number of nitrogens with zero attached hydrogens (tertiary/aromatic N) is 1. The summed E-state index contributed by atoms with van der Waals surface area (Å²) in [6.07, 6.45) is 0.946. The van der Waals surface area contributed by atoms with Crippen molar-refractivity contribution in [3.8, 4) is 0 Å². The standard InChI is InChI=1S/C15H23N3O2/c1-11(10-20-2)17-15(19)9-18-7-6-12-4-3-5-14(16)13(12)8-18/h3-5,11H,6-10,16H2,1-2H3,(H,17,19). The third-order valence-electron chi connectivity index (χ3n) is 3.58. The van der Waals surface area contributed by atoms with Crippen LogP contribution in [-0.2, 0) is 22.5 Å². The number of hydrogen-bond acceptors (Lipinski definition) is 4. The van der Waals surface area contributed by atoms with E-state index in [4.69, 9.17) is 10.5 Å². The number of carbonyl (C=O) groups is 1. The lowest BCUT2D eigenvalue weighted by Crippen LogP contribution is -2.44. The van der Waals surface area contributed by atoms with Gasteiger partial charge in [-0.1, -0.05) is 12.1 Å². The van der Waals surface area contributed by atoms with Crippen molar-refractivity contribution in [1.29, 1.82) is 0 Å². The monoisotopic (exact) mass is 277 g/mol. The van der Waals surface area contributed by atoms with Gasteiger partial charge in [0.15, 0.2) is 0 Å². The number of benzene rings is 1. The summed E-state index contributed by atoms with van der Waals surface area (Å²) in [5.74, 6) is 0.0347. The first-order valence-electron chi connectivity index (χ1n) is 6.97. The van der Waals surface area contributed by atoms with E-state index in [0.29, 0.717) is 13.2 Å². The summed E-state index contributed by atoms with van der Waals surface area (Å²) in [4.78, 5) is 14.1. The molecular weight excluding hydrogens is 254 g/mol. The summed E-state index contributed by atoms with van der Waals surface area (Å²) in [7, 11) is 1.63. The highest BCUT2D eigenvalue weighted by Crippen LogP contribution is 2.23. The molecular formula is C15H23N3O2. The van der Waals surface area contributed by atoms with E-state index in [1.165, 1.54) is 5.56 Å². The van der Waals surface area contributed by atoms with Crippen LogP contribution in [0.15, 0.2) is 18.2 Å². The molecule has 0 spiro atoms. The Kier molecular flexibility index (Phi) is 4.98. The van der Waals surface area contributed by atoms with Gasteiger partial charge >= 0.3 is 0 Å². The average molecular weight is 277 g/mol. The first-order valence-corrected chi connectivity index (χ1v) is 6.97. The molecule has 1 atom stereocenters. The van der Waals surface area contributed by atoms with Crippen LogP contribution in [0.5, 0.6) is 0 Å². The molecule has 1 aliphatic rings. The zero-order valence-corrected chi connectivity index (χ0v) is 12.2. The first-order chi connectivity index (χ1) is 9.60. The highest BCUT2D eigenvalue weighted by molar-refractivity contribution is 5.78. The smallest absolute Gasteiger partial charge is 0.234 e. The van der Waals surface area contributed by atoms with Gasteiger partial charge in [-0.2, -0.15) is 0 Å². The third-order valence-corrected chi connectivity index (χ3v) is 3.58. The number of carbonyl (C=O) groups excluding carboxylic acids is 1. The first kappa shape index (κ1) is 14.8. The molecule has 0 saturated heterocycles. The second-order valence-corrected chi connectivity index (χ2v) is 5.37. The lowest BCUT2D eigenvalue weighted by atomic mass is 9.98. The van der Waals surface area contributed by atoms with Crippen molar-refractivity contribution in [3.05, 3.63) is 29.3 Å². The minimum atomic E-state index is 0.0347. The molecule has 2 rings (SSSR count). The van der Waals surface area contributed by atoms with Gasteiger partial charge in [0.05, 0.1) is 13.2 Å². The molecule has 1 aromatic rings. The molecule has 1 amide bonds. The summed E-state index contributed by atoms with van der Waals surface area (Å²) in [5.41, 5.74) is 9.29. The van der Waals surface area contributed by atoms with Crippen molar-refractivity contribution < 1.29 is 9.53 Å². The van der Waals surface area contributed by atoms with Crippen molar-refractivity contribution in [3.63, 3.8) is 0 Å². The van der Waals surface area contributed by atoms with Crippen LogP contribution in [0.2, 0.25) is 0 Å². The molecule has 1 aliphatic heterocycles. The second-order valence-electron chi connectivity index (χ2n) is 5.37.